The highest BCUT2D eigenvalue weighted by molar-refractivity contribution is 5.81. The first kappa shape index (κ1) is 14.9. The molecule has 2 atom stereocenters. The van der Waals surface area contributed by atoms with Crippen molar-refractivity contribution in [3.63, 3.8) is 0 Å². The average Bonchev–Trinajstić information content (AvgIpc) is 3.24. The molecule has 1 aromatic carbocycles. The fraction of sp³-hybridized carbons (Fsp3) is 0.562. The van der Waals surface area contributed by atoms with Crippen molar-refractivity contribution in [3.05, 3.63) is 29.8 Å². The number of nitrogens with two attached hydrogens (primary N) is 1. The van der Waals surface area contributed by atoms with E-state index in [-0.39, 0.29) is 11.9 Å². The van der Waals surface area contributed by atoms with E-state index >= 15 is 0 Å². The van der Waals surface area contributed by atoms with Crippen molar-refractivity contribution >= 4 is 5.91 Å². The zero-order chi connectivity index (χ0) is 14.5. The molecule has 0 bridgehead atoms. The molecule has 1 saturated carbocycles. The molecule has 1 aliphatic rings. The van der Waals surface area contributed by atoms with Gasteiger partial charge in [0.15, 0.2) is 6.10 Å². The number of hydrogen-bond acceptors (Lipinski definition) is 3. The molecule has 0 aliphatic heterocycles. The van der Waals surface area contributed by atoms with Gasteiger partial charge in [-0.05, 0) is 50.3 Å². The predicted octanol–water partition coefficient (Wildman–Crippen LogP) is 2.01. The molecule has 2 unspecified atom stereocenters. The summed E-state index contributed by atoms with van der Waals surface area (Å²) in [6.45, 7) is 3.86. The van der Waals surface area contributed by atoms with Gasteiger partial charge in [-0.25, -0.2) is 0 Å². The van der Waals surface area contributed by atoms with Crippen molar-refractivity contribution in [2.24, 2.45) is 5.73 Å². The second-order valence-electron chi connectivity index (χ2n) is 5.56. The highest BCUT2D eigenvalue weighted by Crippen LogP contribution is 2.19. The number of carbonyl (C=O) groups excluding carboxylic acids is 1. The Morgan fingerprint density at radius 2 is 2.05 bits per heavy atom. The summed E-state index contributed by atoms with van der Waals surface area (Å²) in [7, 11) is 0. The van der Waals surface area contributed by atoms with Crippen LogP contribution in [0.1, 0.15) is 38.7 Å². The van der Waals surface area contributed by atoms with E-state index in [2.05, 4.69) is 12.2 Å². The largest absolute Gasteiger partial charge is 0.481 e. The molecule has 2 rings (SSSR count). The third kappa shape index (κ3) is 4.53. The molecule has 4 nitrogen and oxygen atoms in total. The molecule has 1 aliphatic carbocycles. The summed E-state index contributed by atoms with van der Waals surface area (Å²) in [5.41, 5.74) is 7.13. The lowest BCUT2D eigenvalue weighted by Gasteiger charge is -2.15. The van der Waals surface area contributed by atoms with E-state index in [0.29, 0.717) is 6.04 Å². The van der Waals surface area contributed by atoms with Crippen molar-refractivity contribution in [1.82, 2.24) is 5.32 Å². The number of hydrogen-bond donors (Lipinski definition) is 2. The van der Waals surface area contributed by atoms with Crippen LogP contribution in [0, 0.1) is 0 Å². The van der Waals surface area contributed by atoms with E-state index in [1.54, 1.807) is 6.92 Å². The summed E-state index contributed by atoms with van der Waals surface area (Å²) >= 11 is 0. The molecule has 0 heterocycles. The molecule has 1 amide bonds. The Morgan fingerprint density at radius 1 is 1.40 bits per heavy atom. The fourth-order valence-electron chi connectivity index (χ4n) is 1.96. The smallest absolute Gasteiger partial charge is 0.260 e. The van der Waals surface area contributed by atoms with Crippen LogP contribution >= 0.6 is 0 Å². The Kier molecular flexibility index (Phi) is 5.01. The van der Waals surface area contributed by atoms with Crippen LogP contribution in [0.3, 0.4) is 0 Å². The van der Waals surface area contributed by atoms with Gasteiger partial charge in [-0.2, -0.15) is 0 Å². The third-order valence-electron chi connectivity index (χ3n) is 3.55. The van der Waals surface area contributed by atoms with Gasteiger partial charge in [0.1, 0.15) is 5.75 Å². The second kappa shape index (κ2) is 6.75. The minimum absolute atomic E-state index is 0.0374. The van der Waals surface area contributed by atoms with Gasteiger partial charge in [-0.15, -0.1) is 0 Å². The Balaban J connectivity index is 1.84. The summed E-state index contributed by atoms with van der Waals surface area (Å²) in [5.74, 6) is 0.682. The molecule has 0 radical (unpaired) electrons. The van der Waals surface area contributed by atoms with Crippen LogP contribution in [0.15, 0.2) is 24.3 Å². The van der Waals surface area contributed by atoms with Crippen LogP contribution in [0.25, 0.3) is 0 Å². The minimum Gasteiger partial charge on any atom is -0.481 e. The van der Waals surface area contributed by atoms with E-state index in [0.717, 1.165) is 31.4 Å². The van der Waals surface area contributed by atoms with Gasteiger partial charge in [0.05, 0.1) is 0 Å². The molecular weight excluding hydrogens is 252 g/mol. The van der Waals surface area contributed by atoms with E-state index < -0.39 is 6.10 Å². The SMILES string of the molecule is CCC(N)Cc1ccc(OC(C)C(=O)NC2CC2)cc1. The molecular formula is C16H24N2O2. The van der Waals surface area contributed by atoms with Crippen LogP contribution in [0.4, 0.5) is 0 Å². The van der Waals surface area contributed by atoms with Gasteiger partial charge in [-0.1, -0.05) is 19.1 Å². The summed E-state index contributed by atoms with van der Waals surface area (Å²) in [4.78, 5) is 11.8. The monoisotopic (exact) mass is 276 g/mol. The van der Waals surface area contributed by atoms with Crippen LogP contribution in [-0.4, -0.2) is 24.1 Å². The number of benzene rings is 1. The van der Waals surface area contributed by atoms with Crippen molar-refractivity contribution in [1.29, 1.82) is 0 Å². The highest BCUT2D eigenvalue weighted by Gasteiger charge is 2.26. The quantitative estimate of drug-likeness (QED) is 0.800. The first-order valence-corrected chi connectivity index (χ1v) is 7.40. The Morgan fingerprint density at radius 3 is 2.60 bits per heavy atom. The van der Waals surface area contributed by atoms with Crippen LogP contribution in [-0.2, 0) is 11.2 Å². The third-order valence-corrected chi connectivity index (χ3v) is 3.55. The zero-order valence-electron chi connectivity index (χ0n) is 12.3. The first-order valence-electron chi connectivity index (χ1n) is 7.40. The molecule has 1 aromatic rings. The predicted molar refractivity (Wildman–Crippen MR) is 79.7 cm³/mol. The summed E-state index contributed by atoms with van der Waals surface area (Å²) < 4.78 is 5.65. The summed E-state index contributed by atoms with van der Waals surface area (Å²) in [6.07, 6.45) is 3.56. The topological polar surface area (TPSA) is 64.3 Å². The molecule has 20 heavy (non-hydrogen) atoms. The van der Waals surface area contributed by atoms with Gasteiger partial charge >= 0.3 is 0 Å². The van der Waals surface area contributed by atoms with Crippen LogP contribution in [0.5, 0.6) is 5.75 Å². The summed E-state index contributed by atoms with van der Waals surface area (Å²) in [5, 5.41) is 2.94. The van der Waals surface area contributed by atoms with E-state index in [9.17, 15) is 4.79 Å². The standard InChI is InChI=1S/C16H24N2O2/c1-3-13(17)10-12-4-8-15(9-5-12)20-11(2)16(19)18-14-6-7-14/h4-5,8-9,11,13-14H,3,6-7,10,17H2,1-2H3,(H,18,19). The van der Waals surface area contributed by atoms with Gasteiger partial charge in [0, 0.05) is 12.1 Å². The number of ether oxygens (including phenoxy) is 1. The molecule has 110 valence electrons. The normalized spacial score (nSPS) is 17.4. The van der Waals surface area contributed by atoms with Gasteiger partial charge in [0.2, 0.25) is 0 Å². The summed E-state index contributed by atoms with van der Waals surface area (Å²) in [6, 6.07) is 8.39. The number of carbonyl (C=O) groups is 1. The Bertz CT molecular complexity index is 440. The van der Waals surface area contributed by atoms with Gasteiger partial charge < -0.3 is 15.8 Å². The highest BCUT2D eigenvalue weighted by atomic mass is 16.5. The lowest BCUT2D eigenvalue weighted by Crippen LogP contribution is -2.37. The minimum atomic E-state index is -0.459. The van der Waals surface area contributed by atoms with Crippen LogP contribution < -0.4 is 15.8 Å². The molecule has 0 aromatic heterocycles. The maximum atomic E-state index is 11.8. The number of nitrogens with one attached hydrogen (secondary N) is 1. The molecule has 0 spiro atoms. The molecule has 0 saturated heterocycles. The zero-order valence-corrected chi connectivity index (χ0v) is 12.3. The maximum Gasteiger partial charge on any atom is 0.260 e. The van der Waals surface area contributed by atoms with Crippen molar-refractivity contribution in [3.8, 4) is 5.75 Å². The van der Waals surface area contributed by atoms with Crippen molar-refractivity contribution in [2.75, 3.05) is 0 Å². The average molecular weight is 276 g/mol. The van der Waals surface area contributed by atoms with Gasteiger partial charge in [0.25, 0.3) is 5.91 Å². The first-order chi connectivity index (χ1) is 9.58. The van der Waals surface area contributed by atoms with E-state index in [4.69, 9.17) is 10.5 Å². The molecule has 4 heteroatoms. The Hall–Kier alpha value is -1.55. The van der Waals surface area contributed by atoms with E-state index in [1.807, 2.05) is 24.3 Å². The number of rotatable bonds is 7. The van der Waals surface area contributed by atoms with Gasteiger partial charge in [-0.3, -0.25) is 4.79 Å². The fourth-order valence-corrected chi connectivity index (χ4v) is 1.96. The Labute approximate surface area is 120 Å². The van der Waals surface area contributed by atoms with Crippen LogP contribution in [0.2, 0.25) is 0 Å². The van der Waals surface area contributed by atoms with Crippen molar-refractivity contribution in [2.45, 2.75) is 57.7 Å². The number of amides is 1. The maximum absolute atomic E-state index is 11.8. The molecule has 1 fully saturated rings. The van der Waals surface area contributed by atoms with Crippen molar-refractivity contribution < 1.29 is 9.53 Å². The lowest BCUT2D eigenvalue weighted by atomic mass is 10.0. The lowest BCUT2D eigenvalue weighted by molar-refractivity contribution is -0.127. The second-order valence-corrected chi connectivity index (χ2v) is 5.56. The molecule has 3 N–H and O–H groups in total. The van der Waals surface area contributed by atoms with E-state index in [1.165, 1.54) is 5.56 Å².